The van der Waals surface area contributed by atoms with Crippen LogP contribution in [0, 0.1) is 0 Å². The largest absolute Gasteiger partial charge is 0.468 e. The van der Waals surface area contributed by atoms with Crippen LogP contribution in [0.1, 0.15) is 37.3 Å². The molecule has 1 saturated carbocycles. The number of carbonyl (C=O) groups excluding carboxylic acids is 1. The Labute approximate surface area is 107 Å². The first-order valence-corrected chi connectivity index (χ1v) is 6.31. The average molecular weight is 249 g/mol. The van der Waals surface area contributed by atoms with Crippen LogP contribution in [-0.4, -0.2) is 36.6 Å². The molecule has 98 valence electrons. The zero-order valence-corrected chi connectivity index (χ0v) is 10.9. The normalized spacial score (nSPS) is 15.7. The van der Waals surface area contributed by atoms with E-state index in [1.165, 1.54) is 32.8 Å². The van der Waals surface area contributed by atoms with Crippen LogP contribution in [-0.2, 0) is 9.53 Å². The summed E-state index contributed by atoms with van der Waals surface area (Å²) >= 11 is 0. The van der Waals surface area contributed by atoms with Crippen LogP contribution in [0.3, 0.4) is 0 Å². The van der Waals surface area contributed by atoms with Crippen LogP contribution in [0.25, 0.3) is 0 Å². The van der Waals surface area contributed by atoms with Gasteiger partial charge in [0.2, 0.25) is 5.95 Å². The van der Waals surface area contributed by atoms with Crippen LogP contribution < -0.4 is 4.90 Å². The Kier molecular flexibility index (Phi) is 4.12. The van der Waals surface area contributed by atoms with Crippen molar-refractivity contribution in [2.24, 2.45) is 0 Å². The second kappa shape index (κ2) is 5.80. The van der Waals surface area contributed by atoms with Gasteiger partial charge >= 0.3 is 5.97 Å². The molecule has 1 aliphatic rings. The van der Waals surface area contributed by atoms with E-state index in [9.17, 15) is 4.79 Å². The molecule has 2 rings (SSSR count). The van der Waals surface area contributed by atoms with Crippen molar-refractivity contribution in [3.05, 3.63) is 18.0 Å². The fraction of sp³-hybridized carbons (Fsp3) is 0.615. The third-order valence-corrected chi connectivity index (χ3v) is 3.37. The molecule has 0 amide bonds. The Morgan fingerprint density at radius 3 is 2.89 bits per heavy atom. The van der Waals surface area contributed by atoms with E-state index in [-0.39, 0.29) is 12.5 Å². The molecular weight excluding hydrogens is 230 g/mol. The molecule has 1 aromatic heterocycles. The first-order chi connectivity index (χ1) is 8.70. The van der Waals surface area contributed by atoms with Gasteiger partial charge in [0, 0.05) is 24.9 Å². The Morgan fingerprint density at radius 1 is 1.50 bits per heavy atom. The lowest BCUT2D eigenvalue weighted by Gasteiger charge is -2.17. The predicted octanol–water partition coefficient (Wildman–Crippen LogP) is 1.74. The zero-order chi connectivity index (χ0) is 13.0. The Hall–Kier alpha value is -1.65. The molecule has 1 aliphatic carbocycles. The molecule has 0 N–H and O–H groups in total. The minimum atomic E-state index is -0.285. The summed E-state index contributed by atoms with van der Waals surface area (Å²) in [6, 6.07) is 1.98. The third kappa shape index (κ3) is 2.97. The molecule has 0 aliphatic heterocycles. The van der Waals surface area contributed by atoms with E-state index in [0.717, 1.165) is 5.69 Å². The number of aromatic nitrogens is 2. The van der Waals surface area contributed by atoms with Crippen molar-refractivity contribution >= 4 is 11.9 Å². The highest BCUT2D eigenvalue weighted by atomic mass is 16.5. The van der Waals surface area contributed by atoms with Gasteiger partial charge in [-0.05, 0) is 18.9 Å². The van der Waals surface area contributed by atoms with Crippen molar-refractivity contribution in [2.45, 2.75) is 31.6 Å². The summed E-state index contributed by atoms with van der Waals surface area (Å²) in [6.45, 7) is 0.171. The second-order valence-corrected chi connectivity index (χ2v) is 4.70. The lowest BCUT2D eigenvalue weighted by Crippen LogP contribution is -2.28. The van der Waals surface area contributed by atoms with E-state index in [1.54, 1.807) is 18.1 Å². The van der Waals surface area contributed by atoms with Gasteiger partial charge in [-0.25, -0.2) is 9.97 Å². The monoisotopic (exact) mass is 249 g/mol. The minimum absolute atomic E-state index is 0.171. The second-order valence-electron chi connectivity index (χ2n) is 4.70. The van der Waals surface area contributed by atoms with E-state index in [4.69, 9.17) is 0 Å². The van der Waals surface area contributed by atoms with E-state index in [0.29, 0.717) is 11.9 Å². The lowest BCUT2D eigenvalue weighted by atomic mass is 10.0. The Balaban J connectivity index is 2.08. The fourth-order valence-corrected chi connectivity index (χ4v) is 2.32. The van der Waals surface area contributed by atoms with Gasteiger partial charge in [0.1, 0.15) is 6.54 Å². The van der Waals surface area contributed by atoms with Crippen molar-refractivity contribution in [1.82, 2.24) is 9.97 Å². The lowest BCUT2D eigenvalue weighted by molar-refractivity contribution is -0.138. The molecule has 0 radical (unpaired) electrons. The maximum atomic E-state index is 11.2. The molecule has 1 heterocycles. The average Bonchev–Trinajstić information content (AvgIpc) is 2.92. The predicted molar refractivity (Wildman–Crippen MR) is 68.5 cm³/mol. The summed E-state index contributed by atoms with van der Waals surface area (Å²) in [5, 5.41) is 0. The van der Waals surface area contributed by atoms with Gasteiger partial charge in [0.15, 0.2) is 0 Å². The van der Waals surface area contributed by atoms with Gasteiger partial charge in [-0.1, -0.05) is 12.8 Å². The summed E-state index contributed by atoms with van der Waals surface area (Å²) in [4.78, 5) is 21.7. The Morgan fingerprint density at radius 2 is 2.22 bits per heavy atom. The van der Waals surface area contributed by atoms with Gasteiger partial charge in [0.25, 0.3) is 0 Å². The molecule has 0 saturated heterocycles. The summed E-state index contributed by atoms with van der Waals surface area (Å²) in [6.07, 6.45) is 6.74. The molecular formula is C13H19N3O2. The van der Waals surface area contributed by atoms with Crippen LogP contribution in [0.15, 0.2) is 12.3 Å². The van der Waals surface area contributed by atoms with Gasteiger partial charge < -0.3 is 9.64 Å². The molecule has 0 aromatic carbocycles. The number of hydrogen-bond acceptors (Lipinski definition) is 5. The molecule has 18 heavy (non-hydrogen) atoms. The number of nitrogens with zero attached hydrogens (tertiary/aromatic N) is 3. The highest BCUT2D eigenvalue weighted by Gasteiger charge is 2.19. The molecule has 0 unspecified atom stereocenters. The summed E-state index contributed by atoms with van der Waals surface area (Å²) in [7, 11) is 3.18. The van der Waals surface area contributed by atoms with E-state index in [2.05, 4.69) is 14.7 Å². The van der Waals surface area contributed by atoms with Crippen LogP contribution in [0.5, 0.6) is 0 Å². The highest BCUT2D eigenvalue weighted by Crippen LogP contribution is 2.33. The number of anilines is 1. The number of hydrogen-bond donors (Lipinski definition) is 0. The van der Waals surface area contributed by atoms with Gasteiger partial charge in [-0.15, -0.1) is 0 Å². The van der Waals surface area contributed by atoms with Crippen LogP contribution in [0.2, 0.25) is 0 Å². The third-order valence-electron chi connectivity index (χ3n) is 3.37. The van der Waals surface area contributed by atoms with E-state index < -0.39 is 0 Å². The number of carbonyl (C=O) groups is 1. The molecule has 1 aromatic rings. The van der Waals surface area contributed by atoms with Gasteiger partial charge in [0.05, 0.1) is 7.11 Å². The van der Waals surface area contributed by atoms with E-state index >= 15 is 0 Å². The number of esters is 1. The molecule has 1 fully saturated rings. The molecule has 0 spiro atoms. The highest BCUT2D eigenvalue weighted by molar-refractivity contribution is 5.74. The molecule has 0 atom stereocenters. The van der Waals surface area contributed by atoms with Gasteiger partial charge in [-0.3, -0.25) is 4.79 Å². The van der Waals surface area contributed by atoms with Crippen molar-refractivity contribution in [3.63, 3.8) is 0 Å². The number of rotatable bonds is 4. The number of ether oxygens (including phenoxy) is 1. The van der Waals surface area contributed by atoms with Crippen molar-refractivity contribution in [2.75, 3.05) is 25.6 Å². The SMILES string of the molecule is COC(=O)CN(C)c1nccc(C2CCCC2)n1. The van der Waals surface area contributed by atoms with Crippen molar-refractivity contribution < 1.29 is 9.53 Å². The quantitative estimate of drug-likeness (QED) is 0.761. The number of methoxy groups -OCH3 is 1. The molecule has 5 nitrogen and oxygen atoms in total. The summed E-state index contributed by atoms with van der Waals surface area (Å²) in [5.41, 5.74) is 1.09. The fourth-order valence-electron chi connectivity index (χ4n) is 2.32. The maximum Gasteiger partial charge on any atom is 0.325 e. The maximum absolute atomic E-state index is 11.2. The topological polar surface area (TPSA) is 55.3 Å². The molecule has 0 bridgehead atoms. The summed E-state index contributed by atoms with van der Waals surface area (Å²) in [5.74, 6) is 0.857. The summed E-state index contributed by atoms with van der Waals surface area (Å²) < 4.78 is 4.64. The van der Waals surface area contributed by atoms with Crippen molar-refractivity contribution in [3.8, 4) is 0 Å². The standard InChI is InChI=1S/C13H19N3O2/c1-16(9-12(17)18-2)13-14-8-7-11(15-13)10-5-3-4-6-10/h7-8,10H,3-6,9H2,1-2H3. The molecule has 5 heteroatoms. The minimum Gasteiger partial charge on any atom is -0.468 e. The van der Waals surface area contributed by atoms with Gasteiger partial charge in [-0.2, -0.15) is 0 Å². The number of likely N-dealkylation sites (N-methyl/N-ethyl adjacent to an activating group) is 1. The first-order valence-electron chi connectivity index (χ1n) is 6.31. The Bertz CT molecular complexity index is 416. The van der Waals surface area contributed by atoms with Crippen molar-refractivity contribution in [1.29, 1.82) is 0 Å². The van der Waals surface area contributed by atoms with Crippen LogP contribution >= 0.6 is 0 Å². The smallest absolute Gasteiger partial charge is 0.325 e. The van der Waals surface area contributed by atoms with E-state index in [1.807, 2.05) is 6.07 Å². The van der Waals surface area contributed by atoms with Crippen LogP contribution in [0.4, 0.5) is 5.95 Å². The first kappa shape index (κ1) is 12.8. The zero-order valence-electron chi connectivity index (χ0n) is 10.9.